The molecule has 0 atom stereocenters. The van der Waals surface area contributed by atoms with Crippen molar-refractivity contribution in [2.24, 2.45) is 5.10 Å². The molecule has 0 bridgehead atoms. The third-order valence-corrected chi connectivity index (χ3v) is 7.79. The maximum atomic E-state index is 13.2. The molecule has 0 fully saturated rings. The van der Waals surface area contributed by atoms with E-state index in [2.05, 4.69) is 10.5 Å². The minimum absolute atomic E-state index is 0.130. The molecule has 0 aliphatic carbocycles. The van der Waals surface area contributed by atoms with E-state index >= 15 is 0 Å². The molecule has 0 radical (unpaired) electrons. The molecule has 0 unspecified atom stereocenters. The first-order chi connectivity index (χ1) is 17.8. The fourth-order valence-electron chi connectivity index (χ4n) is 3.82. The molecule has 4 rings (SSSR count). The van der Waals surface area contributed by atoms with Crippen LogP contribution in [0.15, 0.2) is 95.1 Å². The smallest absolute Gasteiger partial charge is 0.270 e. The van der Waals surface area contributed by atoms with Crippen LogP contribution in [0.2, 0.25) is 0 Å². The SMILES string of the molecule is CCN(CC)S(=O)(=O)c1cc([N+](=O)[O-])ccc1NN=Cc1cn(-c2ccccc2)nc1-c1ccccc1. The summed E-state index contributed by atoms with van der Waals surface area (Å²) in [6.07, 6.45) is 3.37. The number of nitro groups is 1. The van der Waals surface area contributed by atoms with Crippen molar-refractivity contribution in [3.8, 4) is 16.9 Å². The largest absolute Gasteiger partial charge is 0.277 e. The monoisotopic (exact) mass is 518 g/mol. The Bertz CT molecular complexity index is 1520. The number of nitro benzene ring substituents is 1. The normalized spacial score (nSPS) is 11.8. The van der Waals surface area contributed by atoms with Crippen LogP contribution in [0.1, 0.15) is 19.4 Å². The van der Waals surface area contributed by atoms with Gasteiger partial charge in [-0.1, -0.05) is 62.4 Å². The van der Waals surface area contributed by atoms with Crippen LogP contribution in [0, 0.1) is 10.1 Å². The van der Waals surface area contributed by atoms with Crippen molar-refractivity contribution in [2.75, 3.05) is 18.5 Å². The zero-order valence-electron chi connectivity index (χ0n) is 20.4. The minimum atomic E-state index is -3.99. The van der Waals surface area contributed by atoms with Gasteiger partial charge in [0.25, 0.3) is 5.69 Å². The number of hydrogen-bond donors (Lipinski definition) is 1. The fraction of sp³-hybridized carbons (Fsp3) is 0.154. The van der Waals surface area contributed by atoms with E-state index in [9.17, 15) is 18.5 Å². The number of aromatic nitrogens is 2. The second-order valence-corrected chi connectivity index (χ2v) is 9.88. The van der Waals surface area contributed by atoms with Gasteiger partial charge in [-0.3, -0.25) is 15.5 Å². The average Bonchev–Trinajstić information content (AvgIpc) is 3.34. The molecule has 4 aromatic rings. The molecular weight excluding hydrogens is 492 g/mol. The lowest BCUT2D eigenvalue weighted by atomic mass is 10.1. The van der Waals surface area contributed by atoms with Crippen LogP contribution in [-0.4, -0.2) is 46.7 Å². The maximum absolute atomic E-state index is 13.2. The van der Waals surface area contributed by atoms with Crippen molar-refractivity contribution >= 4 is 27.6 Å². The number of hydrogen-bond acceptors (Lipinski definition) is 7. The van der Waals surface area contributed by atoms with Crippen LogP contribution >= 0.6 is 0 Å². The Morgan fingerprint density at radius 2 is 1.68 bits per heavy atom. The Kier molecular flexibility index (Phi) is 7.75. The van der Waals surface area contributed by atoms with E-state index in [0.717, 1.165) is 17.3 Å². The van der Waals surface area contributed by atoms with Crippen LogP contribution in [0.4, 0.5) is 11.4 Å². The Morgan fingerprint density at radius 3 is 2.30 bits per heavy atom. The number of hydrazone groups is 1. The molecule has 0 aliphatic heterocycles. The summed E-state index contributed by atoms with van der Waals surface area (Å²) >= 11 is 0. The Balaban J connectivity index is 1.72. The highest BCUT2D eigenvalue weighted by atomic mass is 32.2. The van der Waals surface area contributed by atoms with Gasteiger partial charge in [0.05, 0.1) is 22.5 Å². The lowest BCUT2D eigenvalue weighted by Crippen LogP contribution is -2.31. The summed E-state index contributed by atoms with van der Waals surface area (Å²) in [4.78, 5) is 10.5. The van der Waals surface area contributed by atoms with Gasteiger partial charge in [0.1, 0.15) is 10.6 Å². The lowest BCUT2D eigenvalue weighted by Gasteiger charge is -2.20. The average molecular weight is 519 g/mol. The van der Waals surface area contributed by atoms with Crippen LogP contribution in [-0.2, 0) is 10.0 Å². The molecular formula is C26H26N6O4S. The van der Waals surface area contributed by atoms with Gasteiger partial charge in [-0.25, -0.2) is 13.1 Å². The van der Waals surface area contributed by atoms with Crippen molar-refractivity contribution in [1.29, 1.82) is 0 Å². The highest BCUT2D eigenvalue weighted by molar-refractivity contribution is 7.89. The van der Waals surface area contributed by atoms with Gasteiger partial charge in [0, 0.05) is 42.5 Å². The first-order valence-corrected chi connectivity index (χ1v) is 13.1. The first kappa shape index (κ1) is 25.7. The summed E-state index contributed by atoms with van der Waals surface area (Å²) in [5.74, 6) is 0. The molecule has 1 heterocycles. The number of nitrogens with zero attached hydrogens (tertiary/aromatic N) is 5. The van der Waals surface area contributed by atoms with Crippen molar-refractivity contribution in [3.05, 3.63) is 101 Å². The van der Waals surface area contributed by atoms with Crippen LogP contribution in [0.25, 0.3) is 16.9 Å². The van der Waals surface area contributed by atoms with Gasteiger partial charge >= 0.3 is 0 Å². The first-order valence-electron chi connectivity index (χ1n) is 11.6. The zero-order chi connectivity index (χ0) is 26.4. The second kappa shape index (κ2) is 11.1. The number of non-ortho nitro benzene ring substituents is 1. The van der Waals surface area contributed by atoms with Crippen molar-refractivity contribution in [3.63, 3.8) is 0 Å². The van der Waals surface area contributed by atoms with E-state index in [-0.39, 0.29) is 29.4 Å². The van der Waals surface area contributed by atoms with E-state index in [1.54, 1.807) is 24.7 Å². The van der Waals surface area contributed by atoms with Crippen LogP contribution in [0.3, 0.4) is 0 Å². The maximum Gasteiger partial charge on any atom is 0.270 e. The minimum Gasteiger partial charge on any atom is -0.277 e. The third-order valence-electron chi connectivity index (χ3n) is 5.70. The van der Waals surface area contributed by atoms with Crippen molar-refractivity contribution in [1.82, 2.24) is 14.1 Å². The number of anilines is 1. The topological polar surface area (TPSA) is 123 Å². The molecule has 1 N–H and O–H groups in total. The number of rotatable bonds is 10. The van der Waals surface area contributed by atoms with Gasteiger partial charge in [-0.15, -0.1) is 0 Å². The molecule has 0 saturated heterocycles. The molecule has 0 aliphatic rings. The summed E-state index contributed by atoms with van der Waals surface area (Å²) in [7, 11) is -3.99. The third kappa shape index (κ3) is 5.57. The number of nitrogens with one attached hydrogen (secondary N) is 1. The van der Waals surface area contributed by atoms with Gasteiger partial charge in [0.2, 0.25) is 10.0 Å². The van der Waals surface area contributed by atoms with Crippen LogP contribution in [0.5, 0.6) is 0 Å². The van der Waals surface area contributed by atoms with Crippen molar-refractivity contribution in [2.45, 2.75) is 18.7 Å². The van der Waals surface area contributed by atoms with E-state index < -0.39 is 14.9 Å². The predicted molar refractivity (Wildman–Crippen MR) is 143 cm³/mol. The standard InChI is InChI=1S/C26H26N6O4S/c1-3-30(4-2)37(35,36)25-17-23(32(33)34)15-16-24(25)28-27-18-21-19-31(22-13-9-6-10-14-22)29-26(21)20-11-7-5-8-12-20/h5-19,28H,3-4H2,1-2H3. The Labute approximate surface area is 215 Å². The number of sulfonamides is 1. The molecule has 3 aromatic carbocycles. The van der Waals surface area contributed by atoms with Gasteiger partial charge < -0.3 is 0 Å². The number of benzene rings is 3. The number of para-hydroxylation sites is 1. The van der Waals surface area contributed by atoms with Crippen molar-refractivity contribution < 1.29 is 13.3 Å². The lowest BCUT2D eigenvalue weighted by molar-refractivity contribution is -0.385. The summed E-state index contributed by atoms with van der Waals surface area (Å²) in [5.41, 5.74) is 5.72. The predicted octanol–water partition coefficient (Wildman–Crippen LogP) is 4.92. The van der Waals surface area contributed by atoms with Gasteiger partial charge in [-0.2, -0.15) is 14.5 Å². The Hall–Kier alpha value is -4.35. The molecule has 0 saturated carbocycles. The zero-order valence-corrected chi connectivity index (χ0v) is 21.2. The molecule has 1 aromatic heterocycles. The van der Waals surface area contributed by atoms with Gasteiger partial charge in [-0.05, 0) is 18.2 Å². The van der Waals surface area contributed by atoms with E-state index in [1.165, 1.54) is 16.4 Å². The summed E-state index contributed by atoms with van der Waals surface area (Å²) < 4.78 is 29.4. The summed E-state index contributed by atoms with van der Waals surface area (Å²) in [5, 5.41) is 20.3. The van der Waals surface area contributed by atoms with Crippen LogP contribution < -0.4 is 5.43 Å². The van der Waals surface area contributed by atoms with E-state index in [4.69, 9.17) is 5.10 Å². The van der Waals surface area contributed by atoms with E-state index in [0.29, 0.717) is 11.3 Å². The summed E-state index contributed by atoms with van der Waals surface area (Å²) in [6, 6.07) is 22.9. The van der Waals surface area contributed by atoms with E-state index in [1.807, 2.05) is 66.9 Å². The highest BCUT2D eigenvalue weighted by Gasteiger charge is 2.27. The molecule has 0 amide bonds. The molecule has 11 heteroatoms. The second-order valence-electron chi connectivity index (χ2n) is 7.98. The molecule has 0 spiro atoms. The molecule has 10 nitrogen and oxygen atoms in total. The quantitative estimate of drug-likeness (QED) is 0.181. The summed E-state index contributed by atoms with van der Waals surface area (Å²) in [6.45, 7) is 3.87. The molecule has 37 heavy (non-hydrogen) atoms. The Morgan fingerprint density at radius 1 is 1.03 bits per heavy atom. The van der Waals surface area contributed by atoms with Gasteiger partial charge in [0.15, 0.2) is 0 Å². The molecule has 190 valence electrons. The highest BCUT2D eigenvalue weighted by Crippen LogP contribution is 2.29. The fourth-order valence-corrected chi connectivity index (χ4v) is 5.44.